The van der Waals surface area contributed by atoms with E-state index in [2.05, 4.69) is 34.7 Å². The molecule has 6 heteroatoms. The molecule has 0 spiro atoms. The van der Waals surface area contributed by atoms with Crippen LogP contribution in [-0.2, 0) is 4.74 Å². The third kappa shape index (κ3) is 3.98. The van der Waals surface area contributed by atoms with E-state index in [-0.39, 0.29) is 18.0 Å². The Morgan fingerprint density at radius 3 is 2.41 bits per heavy atom. The molecule has 1 amide bonds. The number of hydrogen-bond donors (Lipinski definition) is 1. The second-order valence-electron chi connectivity index (χ2n) is 7.76. The Morgan fingerprint density at radius 2 is 1.72 bits per heavy atom. The summed E-state index contributed by atoms with van der Waals surface area (Å²) in [6.07, 6.45) is 0. The minimum absolute atomic E-state index is 0.0895. The predicted molar refractivity (Wildman–Crippen MR) is 115 cm³/mol. The first kappa shape index (κ1) is 19.5. The Hall–Kier alpha value is -2.86. The van der Waals surface area contributed by atoms with Gasteiger partial charge < -0.3 is 19.5 Å². The molecule has 2 aromatic carbocycles. The normalized spacial score (nSPS) is 15.7. The van der Waals surface area contributed by atoms with Gasteiger partial charge in [-0.25, -0.2) is 4.98 Å². The van der Waals surface area contributed by atoms with Gasteiger partial charge in [0.2, 0.25) is 0 Å². The first-order chi connectivity index (χ1) is 14.0. The molecule has 0 aliphatic carbocycles. The number of carbonyl (C=O) groups excluding carboxylic acids is 1. The molecule has 0 bridgehead atoms. The van der Waals surface area contributed by atoms with Crippen molar-refractivity contribution in [1.82, 2.24) is 14.9 Å². The van der Waals surface area contributed by atoms with Gasteiger partial charge in [0.1, 0.15) is 5.82 Å². The summed E-state index contributed by atoms with van der Waals surface area (Å²) >= 11 is 0. The number of aromatic nitrogens is 2. The fourth-order valence-corrected chi connectivity index (χ4v) is 3.90. The zero-order valence-electron chi connectivity index (χ0n) is 17.3. The lowest BCUT2D eigenvalue weighted by Gasteiger charge is -2.28. The summed E-state index contributed by atoms with van der Waals surface area (Å²) in [5.74, 6) is 0.785. The lowest BCUT2D eigenvalue weighted by Crippen LogP contribution is -2.36. The van der Waals surface area contributed by atoms with Crippen molar-refractivity contribution >= 4 is 22.6 Å². The maximum atomic E-state index is 12.8. The van der Waals surface area contributed by atoms with E-state index >= 15 is 0 Å². The van der Waals surface area contributed by atoms with Crippen molar-refractivity contribution in [2.24, 2.45) is 0 Å². The molecular weight excluding hydrogens is 364 g/mol. The molecule has 1 aliphatic heterocycles. The van der Waals surface area contributed by atoms with Gasteiger partial charge in [0.05, 0.1) is 30.3 Å². The standard InChI is InChI=1S/C23H28N4O2/c1-16(2)27-21-7-5-4-6-20(21)25-22(27)17(3)24-23(28)18-8-10-19(11-9-18)26-12-14-29-15-13-26/h4-11,16-17H,12-15H2,1-3H3,(H,24,28)/t17-/m1/s1. The molecule has 0 unspecified atom stereocenters. The van der Waals surface area contributed by atoms with Gasteiger partial charge in [-0.2, -0.15) is 0 Å². The van der Waals surface area contributed by atoms with Gasteiger partial charge in [0, 0.05) is 30.4 Å². The van der Waals surface area contributed by atoms with Crippen molar-refractivity contribution in [2.45, 2.75) is 32.9 Å². The molecule has 152 valence electrons. The highest BCUT2D eigenvalue weighted by Gasteiger charge is 2.20. The van der Waals surface area contributed by atoms with Gasteiger partial charge in [-0.15, -0.1) is 0 Å². The van der Waals surface area contributed by atoms with E-state index in [0.717, 1.165) is 48.8 Å². The van der Waals surface area contributed by atoms with E-state index in [4.69, 9.17) is 9.72 Å². The summed E-state index contributed by atoms with van der Waals surface area (Å²) in [5.41, 5.74) is 3.82. The van der Waals surface area contributed by atoms with E-state index in [1.165, 1.54) is 0 Å². The van der Waals surface area contributed by atoms with Crippen molar-refractivity contribution < 1.29 is 9.53 Å². The SMILES string of the molecule is CC(C)n1c([C@@H](C)NC(=O)c2ccc(N3CCOCC3)cc2)nc2ccccc21. The Bertz CT molecular complexity index is 988. The van der Waals surface area contributed by atoms with E-state index < -0.39 is 0 Å². The van der Waals surface area contributed by atoms with E-state index in [1.807, 2.05) is 49.4 Å². The first-order valence-electron chi connectivity index (χ1n) is 10.2. The van der Waals surface area contributed by atoms with Crippen molar-refractivity contribution in [1.29, 1.82) is 0 Å². The molecule has 1 aliphatic rings. The van der Waals surface area contributed by atoms with Crippen LogP contribution in [0.4, 0.5) is 5.69 Å². The molecule has 6 nitrogen and oxygen atoms in total. The van der Waals surface area contributed by atoms with Crippen LogP contribution in [0.15, 0.2) is 48.5 Å². The summed E-state index contributed by atoms with van der Waals surface area (Å²) in [4.78, 5) is 19.9. The van der Waals surface area contributed by atoms with Crippen molar-refractivity contribution in [3.8, 4) is 0 Å². The maximum absolute atomic E-state index is 12.8. The number of nitrogens with one attached hydrogen (secondary N) is 1. The van der Waals surface area contributed by atoms with Crippen molar-refractivity contribution in [3.63, 3.8) is 0 Å². The first-order valence-corrected chi connectivity index (χ1v) is 10.2. The molecule has 0 saturated carbocycles. The second-order valence-corrected chi connectivity index (χ2v) is 7.76. The number of ether oxygens (including phenoxy) is 1. The summed E-state index contributed by atoms with van der Waals surface area (Å²) in [5, 5.41) is 3.11. The van der Waals surface area contributed by atoms with E-state index in [0.29, 0.717) is 5.56 Å². The molecule has 0 radical (unpaired) electrons. The van der Waals surface area contributed by atoms with E-state index in [9.17, 15) is 4.79 Å². The number of fused-ring (bicyclic) bond motifs is 1. The van der Waals surface area contributed by atoms with Gasteiger partial charge in [0.15, 0.2) is 0 Å². The van der Waals surface area contributed by atoms with Crippen LogP contribution >= 0.6 is 0 Å². The molecule has 1 aromatic heterocycles. The summed E-state index contributed by atoms with van der Waals surface area (Å²) in [6, 6.07) is 15.9. The highest BCUT2D eigenvalue weighted by molar-refractivity contribution is 5.94. The number of para-hydroxylation sites is 2. The highest BCUT2D eigenvalue weighted by Crippen LogP contribution is 2.25. The smallest absolute Gasteiger partial charge is 0.251 e. The number of anilines is 1. The van der Waals surface area contributed by atoms with Crippen LogP contribution in [-0.4, -0.2) is 41.8 Å². The van der Waals surface area contributed by atoms with Gasteiger partial charge >= 0.3 is 0 Å². The average Bonchev–Trinajstić information content (AvgIpc) is 3.14. The fraction of sp³-hybridized carbons (Fsp3) is 0.391. The van der Waals surface area contributed by atoms with E-state index in [1.54, 1.807) is 0 Å². The quantitative estimate of drug-likeness (QED) is 0.714. The Labute approximate surface area is 171 Å². The molecule has 29 heavy (non-hydrogen) atoms. The van der Waals surface area contributed by atoms with Crippen LogP contribution in [0.3, 0.4) is 0 Å². The van der Waals surface area contributed by atoms with Gasteiger partial charge in [-0.05, 0) is 57.2 Å². The van der Waals surface area contributed by atoms with Gasteiger partial charge in [-0.3, -0.25) is 4.79 Å². The third-order valence-corrected chi connectivity index (χ3v) is 5.38. The zero-order chi connectivity index (χ0) is 20.4. The minimum Gasteiger partial charge on any atom is -0.378 e. The van der Waals surface area contributed by atoms with Gasteiger partial charge in [-0.1, -0.05) is 12.1 Å². The largest absolute Gasteiger partial charge is 0.378 e. The molecule has 3 aromatic rings. The molecule has 1 fully saturated rings. The van der Waals surface area contributed by atoms with Crippen molar-refractivity contribution in [3.05, 3.63) is 59.9 Å². The number of nitrogens with zero attached hydrogens (tertiary/aromatic N) is 3. The number of benzene rings is 2. The minimum atomic E-state index is -0.198. The monoisotopic (exact) mass is 392 g/mol. The number of carbonyl (C=O) groups is 1. The molecule has 1 N–H and O–H groups in total. The number of amides is 1. The fourth-order valence-electron chi connectivity index (χ4n) is 3.90. The Morgan fingerprint density at radius 1 is 1.03 bits per heavy atom. The zero-order valence-corrected chi connectivity index (χ0v) is 17.3. The summed E-state index contributed by atoms with van der Waals surface area (Å²) < 4.78 is 7.60. The third-order valence-electron chi connectivity index (χ3n) is 5.38. The molecule has 2 heterocycles. The van der Waals surface area contributed by atoms with Crippen LogP contribution in [0.5, 0.6) is 0 Å². The van der Waals surface area contributed by atoms with Crippen LogP contribution in [0, 0.1) is 0 Å². The predicted octanol–water partition coefficient (Wildman–Crippen LogP) is 3.94. The maximum Gasteiger partial charge on any atom is 0.251 e. The average molecular weight is 393 g/mol. The number of rotatable bonds is 5. The van der Waals surface area contributed by atoms with Crippen LogP contribution in [0.2, 0.25) is 0 Å². The number of imidazole rings is 1. The molecule has 1 saturated heterocycles. The second kappa shape index (κ2) is 8.25. The van der Waals surface area contributed by atoms with Crippen LogP contribution < -0.4 is 10.2 Å². The summed E-state index contributed by atoms with van der Waals surface area (Å²) in [6.45, 7) is 9.52. The number of hydrogen-bond acceptors (Lipinski definition) is 4. The Kier molecular flexibility index (Phi) is 5.53. The molecule has 4 rings (SSSR count). The van der Waals surface area contributed by atoms with Crippen LogP contribution in [0.1, 0.15) is 49.0 Å². The number of morpholine rings is 1. The highest BCUT2D eigenvalue weighted by atomic mass is 16.5. The van der Waals surface area contributed by atoms with Gasteiger partial charge in [0.25, 0.3) is 5.91 Å². The summed E-state index contributed by atoms with van der Waals surface area (Å²) in [7, 11) is 0. The topological polar surface area (TPSA) is 59.4 Å². The van der Waals surface area contributed by atoms with Crippen LogP contribution in [0.25, 0.3) is 11.0 Å². The lowest BCUT2D eigenvalue weighted by molar-refractivity contribution is 0.0937. The molecule has 1 atom stereocenters. The Balaban J connectivity index is 1.51. The lowest BCUT2D eigenvalue weighted by atomic mass is 10.1. The molecular formula is C23H28N4O2. The van der Waals surface area contributed by atoms with Crippen molar-refractivity contribution in [2.75, 3.05) is 31.2 Å².